The molecule has 1 aromatic carbocycles. The highest BCUT2D eigenvalue weighted by Crippen LogP contribution is 2.22. The predicted molar refractivity (Wildman–Crippen MR) is 68.5 cm³/mol. The fraction of sp³-hybridized carbons (Fsp3) is 0.250. The van der Waals surface area contributed by atoms with Gasteiger partial charge in [0.25, 0.3) is 11.6 Å². The van der Waals surface area contributed by atoms with Crippen molar-refractivity contribution in [2.45, 2.75) is 19.4 Å². The van der Waals surface area contributed by atoms with Gasteiger partial charge in [0.1, 0.15) is 0 Å². The highest BCUT2D eigenvalue weighted by Gasteiger charge is 2.21. The number of hydrogen-bond acceptors (Lipinski definition) is 3. The second-order valence-electron chi connectivity index (χ2n) is 4.14. The maximum absolute atomic E-state index is 11.9. The van der Waals surface area contributed by atoms with Gasteiger partial charge in [0, 0.05) is 12.1 Å². The fourth-order valence-corrected chi connectivity index (χ4v) is 1.45. The van der Waals surface area contributed by atoms with Crippen molar-refractivity contribution in [3.05, 3.63) is 38.9 Å². The van der Waals surface area contributed by atoms with Crippen LogP contribution in [-0.2, 0) is 0 Å². The molecule has 0 aromatic heterocycles. The molecular weight excluding hydrogens is 256 g/mol. The predicted octanol–water partition coefficient (Wildman–Crippen LogP) is 2.39. The number of carbonyl (C=O) groups is 1. The van der Waals surface area contributed by atoms with Gasteiger partial charge in [-0.05, 0) is 19.9 Å². The number of nitrogens with zero attached hydrogens (tertiary/aromatic N) is 1. The largest absolute Gasteiger partial charge is 0.336 e. The molecule has 0 saturated carbocycles. The number of nitrogens with one attached hydrogen (secondary N) is 1. The van der Waals surface area contributed by atoms with Crippen LogP contribution in [0.25, 0.3) is 0 Å². The number of nitro groups is 1. The van der Waals surface area contributed by atoms with E-state index in [4.69, 9.17) is 18.0 Å². The van der Waals surface area contributed by atoms with Gasteiger partial charge in [-0.3, -0.25) is 14.9 Å². The Labute approximate surface area is 109 Å². The number of carbonyl (C=O) groups excluding carboxylic acids is 1. The van der Waals surface area contributed by atoms with Crippen LogP contribution < -0.4 is 5.32 Å². The van der Waals surface area contributed by atoms with Crippen LogP contribution in [0.1, 0.15) is 24.2 Å². The van der Waals surface area contributed by atoms with Gasteiger partial charge in [0.15, 0.2) is 0 Å². The third-order valence-electron chi connectivity index (χ3n) is 2.19. The Morgan fingerprint density at radius 1 is 1.56 bits per heavy atom. The third-order valence-corrected chi connectivity index (χ3v) is 2.51. The molecule has 6 heteroatoms. The van der Waals surface area contributed by atoms with E-state index in [0.29, 0.717) is 0 Å². The summed E-state index contributed by atoms with van der Waals surface area (Å²) in [6, 6.07) is 3.63. The Bertz CT molecular complexity index is 547. The molecule has 0 aliphatic heterocycles. The summed E-state index contributed by atoms with van der Waals surface area (Å²) in [5.74, 6) is 1.93. The van der Waals surface area contributed by atoms with Crippen LogP contribution in [-0.4, -0.2) is 16.4 Å². The molecule has 0 fully saturated rings. The standard InChI is InChI=1S/C12H11ClN2O3/c1-4-12(2,3)14-11(16)9-6-5-8(15(17)18)7-10(9)13/h1,5-7H,2-3H3,(H,14,16). The minimum atomic E-state index is -0.817. The van der Waals surface area contributed by atoms with Crippen molar-refractivity contribution in [2.75, 3.05) is 0 Å². The maximum atomic E-state index is 11.9. The summed E-state index contributed by atoms with van der Waals surface area (Å²) in [5.41, 5.74) is -0.847. The minimum Gasteiger partial charge on any atom is -0.336 e. The van der Waals surface area contributed by atoms with Gasteiger partial charge in [-0.25, -0.2) is 0 Å². The summed E-state index contributed by atoms with van der Waals surface area (Å²) in [4.78, 5) is 21.8. The van der Waals surface area contributed by atoms with Crippen LogP contribution in [0.3, 0.4) is 0 Å². The van der Waals surface area contributed by atoms with Crippen LogP contribution in [0, 0.1) is 22.5 Å². The first-order valence-corrected chi connectivity index (χ1v) is 5.39. The quantitative estimate of drug-likeness (QED) is 0.519. The SMILES string of the molecule is C#CC(C)(C)NC(=O)c1ccc([N+](=O)[O-])cc1Cl. The van der Waals surface area contributed by atoms with Gasteiger partial charge < -0.3 is 5.32 Å². The van der Waals surface area contributed by atoms with Gasteiger partial charge in [0.05, 0.1) is 21.0 Å². The third kappa shape index (κ3) is 3.22. The Balaban J connectivity index is 3.02. The number of terminal acetylenes is 1. The number of nitro benzene ring substituents is 1. The van der Waals surface area contributed by atoms with E-state index in [9.17, 15) is 14.9 Å². The summed E-state index contributed by atoms with van der Waals surface area (Å²) in [7, 11) is 0. The molecule has 0 atom stereocenters. The van der Waals surface area contributed by atoms with Gasteiger partial charge in [0.2, 0.25) is 0 Å². The molecule has 0 unspecified atom stereocenters. The number of halogens is 1. The summed E-state index contributed by atoms with van der Waals surface area (Å²) < 4.78 is 0. The van der Waals surface area contributed by atoms with Crippen LogP contribution in [0.2, 0.25) is 5.02 Å². The molecule has 0 aliphatic carbocycles. The zero-order valence-electron chi connectivity index (χ0n) is 9.86. The van der Waals surface area contributed by atoms with E-state index < -0.39 is 16.4 Å². The summed E-state index contributed by atoms with van der Waals surface area (Å²) in [5, 5.41) is 13.1. The molecule has 0 saturated heterocycles. The van der Waals surface area contributed by atoms with E-state index in [1.54, 1.807) is 13.8 Å². The molecule has 1 rings (SSSR count). The summed E-state index contributed by atoms with van der Waals surface area (Å²) in [6.07, 6.45) is 5.25. The van der Waals surface area contributed by atoms with E-state index >= 15 is 0 Å². The maximum Gasteiger partial charge on any atom is 0.270 e. The zero-order chi connectivity index (χ0) is 13.9. The minimum absolute atomic E-state index is 0.00882. The lowest BCUT2D eigenvalue weighted by Crippen LogP contribution is -2.42. The number of amides is 1. The van der Waals surface area contributed by atoms with Crippen molar-refractivity contribution in [2.24, 2.45) is 0 Å². The molecule has 0 bridgehead atoms. The second-order valence-corrected chi connectivity index (χ2v) is 4.55. The Kier molecular flexibility index (Phi) is 3.94. The number of hydrogen-bond donors (Lipinski definition) is 1. The molecule has 0 radical (unpaired) electrons. The van der Waals surface area contributed by atoms with Crippen molar-refractivity contribution in [1.82, 2.24) is 5.32 Å². The van der Waals surface area contributed by atoms with Crippen molar-refractivity contribution in [3.63, 3.8) is 0 Å². The average Bonchev–Trinajstić information content (AvgIpc) is 2.28. The first kappa shape index (κ1) is 14.0. The number of non-ortho nitro benzene ring substituents is 1. The van der Waals surface area contributed by atoms with E-state index in [1.807, 2.05) is 0 Å². The van der Waals surface area contributed by atoms with Crippen molar-refractivity contribution >= 4 is 23.2 Å². The van der Waals surface area contributed by atoms with Gasteiger partial charge in [-0.1, -0.05) is 17.5 Å². The van der Waals surface area contributed by atoms with Gasteiger partial charge in [-0.2, -0.15) is 0 Å². The van der Waals surface area contributed by atoms with E-state index in [-0.39, 0.29) is 16.3 Å². The van der Waals surface area contributed by atoms with Crippen molar-refractivity contribution in [1.29, 1.82) is 0 Å². The lowest BCUT2D eigenvalue weighted by molar-refractivity contribution is -0.384. The highest BCUT2D eigenvalue weighted by atomic mass is 35.5. The van der Waals surface area contributed by atoms with Crippen LogP contribution in [0.15, 0.2) is 18.2 Å². The number of rotatable bonds is 3. The molecule has 0 heterocycles. The Morgan fingerprint density at radius 2 is 2.17 bits per heavy atom. The van der Waals surface area contributed by atoms with Crippen LogP contribution in [0.4, 0.5) is 5.69 Å². The van der Waals surface area contributed by atoms with Gasteiger partial charge >= 0.3 is 0 Å². The molecular formula is C12H11ClN2O3. The second kappa shape index (κ2) is 5.07. The van der Waals surface area contributed by atoms with Crippen molar-refractivity contribution < 1.29 is 9.72 Å². The average molecular weight is 267 g/mol. The molecule has 5 nitrogen and oxygen atoms in total. The molecule has 1 amide bonds. The summed E-state index contributed by atoms with van der Waals surface area (Å²) >= 11 is 5.82. The Hall–Kier alpha value is -2.06. The molecule has 1 aromatic rings. The monoisotopic (exact) mass is 266 g/mol. The molecule has 18 heavy (non-hydrogen) atoms. The molecule has 94 valence electrons. The smallest absolute Gasteiger partial charge is 0.270 e. The van der Waals surface area contributed by atoms with E-state index in [0.717, 1.165) is 6.07 Å². The van der Waals surface area contributed by atoms with Gasteiger partial charge in [-0.15, -0.1) is 6.42 Å². The number of benzene rings is 1. The topological polar surface area (TPSA) is 72.2 Å². The normalized spacial score (nSPS) is 10.6. The Morgan fingerprint density at radius 3 is 2.61 bits per heavy atom. The van der Waals surface area contributed by atoms with E-state index in [1.165, 1.54) is 12.1 Å². The zero-order valence-corrected chi connectivity index (χ0v) is 10.6. The molecule has 1 N–H and O–H groups in total. The van der Waals surface area contributed by atoms with Crippen molar-refractivity contribution in [3.8, 4) is 12.3 Å². The first-order valence-electron chi connectivity index (χ1n) is 5.01. The van der Waals surface area contributed by atoms with Crippen LogP contribution >= 0.6 is 11.6 Å². The fourth-order valence-electron chi connectivity index (χ4n) is 1.19. The highest BCUT2D eigenvalue weighted by molar-refractivity contribution is 6.34. The van der Waals surface area contributed by atoms with Crippen LogP contribution in [0.5, 0.6) is 0 Å². The molecule has 0 spiro atoms. The lowest BCUT2D eigenvalue weighted by Gasteiger charge is -2.19. The van der Waals surface area contributed by atoms with E-state index in [2.05, 4.69) is 11.2 Å². The first-order chi connectivity index (χ1) is 8.26. The summed E-state index contributed by atoms with van der Waals surface area (Å²) in [6.45, 7) is 3.31. The lowest BCUT2D eigenvalue weighted by atomic mass is 10.1. The molecule has 0 aliphatic rings.